The van der Waals surface area contributed by atoms with Crippen LogP contribution in [0.4, 0.5) is 0 Å². The summed E-state index contributed by atoms with van der Waals surface area (Å²) in [4.78, 5) is 0. The smallest absolute Gasteiger partial charge is 1.00 e. The van der Waals surface area contributed by atoms with Gasteiger partial charge in [-0.3, -0.25) is 0 Å². The summed E-state index contributed by atoms with van der Waals surface area (Å²) in [5, 5.41) is 0. The van der Waals surface area contributed by atoms with Gasteiger partial charge in [0.15, 0.2) is 0 Å². The zero-order chi connectivity index (χ0) is 14.8. The Morgan fingerprint density at radius 1 is 1.05 bits per heavy atom. The topological polar surface area (TPSA) is 47.6 Å². The minimum absolute atomic E-state index is 0. The molecule has 0 saturated heterocycles. The second kappa shape index (κ2) is 13.5. The molecule has 1 rings (SSSR count). The Morgan fingerprint density at radius 2 is 1.42 bits per heavy atom. The fourth-order valence-electron chi connectivity index (χ4n) is 0.950. The van der Waals surface area contributed by atoms with Crippen molar-refractivity contribution in [2.24, 2.45) is 0 Å². The molecule has 0 amide bonds. The standard InChI is InChI=1S/C5H5.2C3H8N.C3H9Si.ClH.V/c1-2-4-5-3-1;2*1-3(2)4;1-4(2)3;;/h1-3H,4H2;2*3-4H,1-2H3;1-3H3;1H;/q;2*-1;;;+3/p-1. The van der Waals surface area contributed by atoms with E-state index in [4.69, 9.17) is 11.5 Å². The fourth-order valence-corrected chi connectivity index (χ4v) is 7.09. The van der Waals surface area contributed by atoms with Gasteiger partial charge in [0.1, 0.15) is 0 Å². The molecule has 0 aliphatic heterocycles. The van der Waals surface area contributed by atoms with Gasteiger partial charge in [0.25, 0.3) is 0 Å². The Hall–Kier alpha value is 0.491. The zero-order valence-electron chi connectivity index (χ0n) is 13.4. The van der Waals surface area contributed by atoms with Crippen molar-refractivity contribution in [1.29, 1.82) is 0 Å². The molecule has 0 radical (unpaired) electrons. The third kappa shape index (κ3) is 32.2. The van der Waals surface area contributed by atoms with Crippen LogP contribution >= 0.6 is 0 Å². The molecule has 112 valence electrons. The first-order valence-corrected chi connectivity index (χ1v) is 12.8. The molecule has 0 aromatic carbocycles. The Kier molecular flexibility index (Phi) is 17.4. The van der Waals surface area contributed by atoms with E-state index in [0.717, 1.165) is 0 Å². The minimum atomic E-state index is -0.737. The van der Waals surface area contributed by atoms with E-state index in [1.54, 1.807) is 4.28 Å². The van der Waals surface area contributed by atoms with Gasteiger partial charge in [-0.1, -0.05) is 27.7 Å². The van der Waals surface area contributed by atoms with Gasteiger partial charge in [-0.15, -0.1) is 12.1 Å². The first-order valence-electron chi connectivity index (χ1n) is 6.55. The first-order chi connectivity index (χ1) is 8.04. The molecule has 0 spiro atoms. The molecule has 1 aliphatic carbocycles. The van der Waals surface area contributed by atoms with Crippen molar-refractivity contribution in [1.82, 2.24) is 0 Å². The largest absolute Gasteiger partial charge is 1.00 e. The summed E-state index contributed by atoms with van der Waals surface area (Å²) >= 11 is 0.557. The summed E-state index contributed by atoms with van der Waals surface area (Å²) in [6.07, 6.45) is 7.30. The molecule has 0 saturated carbocycles. The maximum atomic E-state index is 6.58. The number of hydrogen-bond acceptors (Lipinski definition) is 0. The summed E-state index contributed by atoms with van der Waals surface area (Å²) in [5.74, 6) is 0. The van der Waals surface area contributed by atoms with Crippen LogP contribution in [0.5, 0.6) is 0 Å². The van der Waals surface area contributed by atoms with Gasteiger partial charge >= 0.3 is 70.6 Å². The SMILES string of the molecule is CC(C)[NH-].CC(C)[NH-].C[Si](C)(C)[V+3][C]1=CC=CC1.[Cl-]. The number of rotatable bonds is 2. The van der Waals surface area contributed by atoms with Crippen LogP contribution < -0.4 is 12.4 Å². The van der Waals surface area contributed by atoms with Crippen LogP contribution in [0.1, 0.15) is 34.1 Å². The summed E-state index contributed by atoms with van der Waals surface area (Å²) in [6, 6.07) is 0.167. The number of allylic oxidation sites excluding steroid dienone is 4. The third-order valence-electron chi connectivity index (χ3n) is 1.23. The quantitative estimate of drug-likeness (QED) is 0.694. The fraction of sp³-hybridized carbons (Fsp3) is 0.714. The summed E-state index contributed by atoms with van der Waals surface area (Å²) in [6.45, 7) is 14.7. The van der Waals surface area contributed by atoms with Crippen molar-refractivity contribution in [2.75, 3.05) is 0 Å². The van der Waals surface area contributed by atoms with E-state index in [1.807, 2.05) is 27.7 Å². The number of hydrogen-bond donors (Lipinski definition) is 0. The van der Waals surface area contributed by atoms with Crippen molar-refractivity contribution in [3.63, 3.8) is 0 Å². The van der Waals surface area contributed by atoms with Gasteiger partial charge in [-0.25, -0.2) is 0 Å². The van der Waals surface area contributed by atoms with Crippen LogP contribution in [0.15, 0.2) is 22.5 Å². The van der Waals surface area contributed by atoms with Crippen LogP contribution in [0.3, 0.4) is 0 Å². The van der Waals surface area contributed by atoms with E-state index in [2.05, 4.69) is 37.9 Å². The van der Waals surface area contributed by atoms with Crippen molar-refractivity contribution >= 4 is 6.45 Å². The van der Waals surface area contributed by atoms with E-state index in [0.29, 0.717) is 15.6 Å². The molecule has 0 unspecified atom stereocenters. The molecular formula is C14H30ClN2SiV. The van der Waals surface area contributed by atoms with Gasteiger partial charge in [-0.05, 0) is 0 Å². The van der Waals surface area contributed by atoms with Gasteiger partial charge in [0.2, 0.25) is 0 Å². The molecule has 0 bridgehead atoms. The van der Waals surface area contributed by atoms with Crippen LogP contribution in [0.25, 0.3) is 11.5 Å². The average Bonchev–Trinajstić information content (AvgIpc) is 2.50. The molecule has 0 heterocycles. The molecule has 0 aromatic rings. The Labute approximate surface area is 134 Å². The second-order valence-corrected chi connectivity index (χ2v) is 18.7. The van der Waals surface area contributed by atoms with Crippen molar-refractivity contribution in [3.8, 4) is 0 Å². The monoisotopic (exact) mass is 340 g/mol. The van der Waals surface area contributed by atoms with E-state index in [-0.39, 0.29) is 24.5 Å². The molecule has 19 heavy (non-hydrogen) atoms. The van der Waals surface area contributed by atoms with Crippen molar-refractivity contribution < 1.29 is 28.0 Å². The predicted molar refractivity (Wildman–Crippen MR) is 84.1 cm³/mol. The maximum absolute atomic E-state index is 6.58. The molecule has 1 aliphatic rings. The van der Waals surface area contributed by atoms with E-state index >= 15 is 0 Å². The number of nitrogens with one attached hydrogen (secondary N) is 2. The minimum Gasteiger partial charge on any atom is -1.00 e. The molecular weight excluding hydrogens is 311 g/mol. The van der Waals surface area contributed by atoms with E-state index < -0.39 is 6.45 Å². The van der Waals surface area contributed by atoms with Gasteiger partial charge in [-0.2, -0.15) is 0 Å². The summed E-state index contributed by atoms with van der Waals surface area (Å²) in [5.41, 5.74) is 13.2. The summed E-state index contributed by atoms with van der Waals surface area (Å²) in [7, 11) is 0. The van der Waals surface area contributed by atoms with Crippen molar-refractivity contribution in [2.45, 2.75) is 65.8 Å². The van der Waals surface area contributed by atoms with Crippen LogP contribution in [-0.2, 0) is 15.6 Å². The second-order valence-electron chi connectivity index (χ2n) is 5.88. The maximum Gasteiger partial charge on any atom is -1.00 e. The molecule has 0 atom stereocenters. The Balaban J connectivity index is -0.000000242. The molecule has 0 aromatic heterocycles. The Morgan fingerprint density at radius 3 is 1.63 bits per heavy atom. The molecule has 5 heteroatoms. The van der Waals surface area contributed by atoms with Gasteiger partial charge in [0, 0.05) is 0 Å². The van der Waals surface area contributed by atoms with Crippen LogP contribution in [0.2, 0.25) is 19.6 Å². The predicted octanol–water partition coefficient (Wildman–Crippen LogP) is 2.65. The molecule has 2 nitrogen and oxygen atoms in total. The average molecular weight is 341 g/mol. The molecule has 2 N–H and O–H groups in total. The van der Waals surface area contributed by atoms with Crippen molar-refractivity contribution in [3.05, 3.63) is 34.0 Å². The Bertz CT molecular complexity index is 247. The van der Waals surface area contributed by atoms with Crippen LogP contribution in [-0.4, -0.2) is 18.5 Å². The molecule has 0 fully saturated rings. The van der Waals surface area contributed by atoms with E-state index in [1.165, 1.54) is 6.42 Å². The van der Waals surface area contributed by atoms with Gasteiger partial charge < -0.3 is 23.9 Å². The first kappa shape index (κ1) is 24.5. The normalized spacial score (nSPS) is 12.7. The van der Waals surface area contributed by atoms with Gasteiger partial charge in [0.05, 0.1) is 0 Å². The third-order valence-corrected chi connectivity index (χ3v) is 7.19. The summed E-state index contributed by atoms with van der Waals surface area (Å²) < 4.78 is 1.73. The number of halogens is 1. The zero-order valence-corrected chi connectivity index (χ0v) is 16.6. The van der Waals surface area contributed by atoms with E-state index in [9.17, 15) is 0 Å². The van der Waals surface area contributed by atoms with Crippen LogP contribution in [0, 0.1) is 0 Å².